The molecule has 2 aliphatic rings. The van der Waals surface area contributed by atoms with Crippen molar-refractivity contribution < 1.29 is 58.4 Å². The van der Waals surface area contributed by atoms with Crippen molar-refractivity contribution in [2.24, 2.45) is 23.7 Å². The van der Waals surface area contributed by atoms with Crippen LogP contribution in [0.25, 0.3) is 0 Å². The molecule has 4 unspecified atom stereocenters. The Morgan fingerprint density at radius 1 is 1.07 bits per heavy atom. The molecule has 7 nitrogen and oxygen atoms in total. The van der Waals surface area contributed by atoms with Crippen LogP contribution >= 0.6 is 0 Å². The quantitative estimate of drug-likeness (QED) is 0.265. The van der Waals surface area contributed by atoms with E-state index in [9.17, 15) is 44.3 Å². The van der Waals surface area contributed by atoms with Gasteiger partial charge in [-0.05, 0) is 37.0 Å². The van der Waals surface area contributed by atoms with Crippen molar-refractivity contribution in [2.75, 3.05) is 12.4 Å². The molecule has 0 amide bonds. The molecule has 0 spiro atoms. The van der Waals surface area contributed by atoms with Crippen LogP contribution in [0.2, 0.25) is 0 Å². The summed E-state index contributed by atoms with van der Waals surface area (Å²) in [4.78, 5) is 23.5. The highest BCUT2D eigenvalue weighted by Crippen LogP contribution is 2.54. The molecule has 2 bridgehead atoms. The van der Waals surface area contributed by atoms with E-state index in [1.165, 1.54) is 0 Å². The first-order chi connectivity index (χ1) is 13.5. The lowest BCUT2D eigenvalue weighted by molar-refractivity contribution is -0.362. The van der Waals surface area contributed by atoms with E-state index >= 15 is 0 Å². The van der Waals surface area contributed by atoms with Gasteiger partial charge in [0.2, 0.25) is 0 Å². The number of carbonyl (C=O) groups excluding carboxylic acids is 2. The smallest absolute Gasteiger partial charge is 0.438 e. The number of rotatable bonds is 7. The number of ether oxygens (including phenoxy) is 2. The summed E-state index contributed by atoms with van der Waals surface area (Å²) in [6.45, 7) is 2.98. The van der Waals surface area contributed by atoms with Gasteiger partial charge in [-0.2, -0.15) is 34.8 Å². The Kier molecular flexibility index (Phi) is 6.53. The zero-order chi connectivity index (χ0) is 23.1. The molecule has 0 radical (unpaired) electrons. The van der Waals surface area contributed by atoms with Gasteiger partial charge in [-0.15, -0.1) is 0 Å². The average molecular weight is 468 g/mol. The molecule has 0 aromatic rings. The number of carbonyl (C=O) groups is 2. The topological polar surface area (TPSA) is 107 Å². The van der Waals surface area contributed by atoms with Gasteiger partial charge in [0.25, 0.3) is 10.1 Å². The summed E-state index contributed by atoms with van der Waals surface area (Å²) < 4.78 is 119. The summed E-state index contributed by atoms with van der Waals surface area (Å²) in [7, 11) is -5.84. The highest BCUT2D eigenvalue weighted by atomic mass is 32.2. The third-order valence-corrected chi connectivity index (χ3v) is 6.21. The van der Waals surface area contributed by atoms with Crippen molar-refractivity contribution in [3.8, 4) is 0 Å². The first kappa shape index (κ1) is 24.4. The maximum absolute atomic E-state index is 13.3. The SMILES string of the molecule is C=CC(=O)OCC1CC2CC(C(=O)OC(CS(=O)(=O)O)(C(F)(F)F)C(F)(F)F)C1C2. The fourth-order valence-electron chi connectivity index (χ4n) is 4.18. The molecule has 0 aliphatic heterocycles. The second kappa shape index (κ2) is 8.02. The minimum absolute atomic E-state index is 0.0485. The molecule has 0 saturated heterocycles. The van der Waals surface area contributed by atoms with Crippen molar-refractivity contribution in [1.29, 1.82) is 0 Å². The average Bonchev–Trinajstić information content (AvgIpc) is 3.16. The monoisotopic (exact) mass is 468 g/mol. The molecule has 1 N–H and O–H groups in total. The lowest BCUT2D eigenvalue weighted by atomic mass is 9.81. The van der Waals surface area contributed by atoms with Crippen LogP contribution < -0.4 is 0 Å². The summed E-state index contributed by atoms with van der Waals surface area (Å²) in [6, 6.07) is 0. The molecule has 14 heteroatoms. The number of hydrogen-bond acceptors (Lipinski definition) is 6. The molecular weight excluding hydrogens is 450 g/mol. The number of esters is 2. The Morgan fingerprint density at radius 2 is 1.63 bits per heavy atom. The predicted molar refractivity (Wildman–Crippen MR) is 86.3 cm³/mol. The summed E-state index contributed by atoms with van der Waals surface area (Å²) in [5, 5.41) is 0. The highest BCUT2D eigenvalue weighted by molar-refractivity contribution is 7.85. The Hall–Kier alpha value is -1.83. The molecule has 172 valence electrons. The Balaban J connectivity index is 2.27. The molecule has 2 saturated carbocycles. The van der Waals surface area contributed by atoms with Crippen LogP contribution in [0, 0.1) is 23.7 Å². The summed E-state index contributed by atoms with van der Waals surface area (Å²) >= 11 is 0. The fraction of sp³-hybridized carbons (Fsp3) is 0.750. The first-order valence-corrected chi connectivity index (χ1v) is 10.2. The van der Waals surface area contributed by atoms with E-state index in [4.69, 9.17) is 9.29 Å². The van der Waals surface area contributed by atoms with E-state index in [1.807, 2.05) is 0 Å². The maximum atomic E-state index is 13.3. The van der Waals surface area contributed by atoms with Gasteiger partial charge < -0.3 is 9.47 Å². The summed E-state index contributed by atoms with van der Waals surface area (Å²) in [6.07, 6.45) is -11.2. The molecule has 4 atom stereocenters. The van der Waals surface area contributed by atoms with Crippen LogP contribution in [-0.4, -0.2) is 55.2 Å². The molecule has 2 fully saturated rings. The molecule has 0 aromatic heterocycles. The maximum Gasteiger partial charge on any atom is 0.438 e. The Labute approximate surface area is 167 Å². The van der Waals surface area contributed by atoms with Gasteiger partial charge in [-0.1, -0.05) is 6.58 Å². The standard InChI is InChI=1S/C16H18F6O7S/c1-2-12(23)28-6-9-3-8-4-10(9)11(5-8)13(24)29-14(15(17,18)19,16(20,21)22)7-30(25,26)27/h2,8-11H,1,3-7H2,(H,25,26,27). The van der Waals surface area contributed by atoms with Gasteiger partial charge in [0.15, 0.2) is 0 Å². The van der Waals surface area contributed by atoms with Gasteiger partial charge in [-0.25, -0.2) is 4.79 Å². The van der Waals surface area contributed by atoms with E-state index in [-0.39, 0.29) is 18.9 Å². The zero-order valence-electron chi connectivity index (χ0n) is 15.2. The van der Waals surface area contributed by atoms with Crippen LogP contribution in [0.4, 0.5) is 26.3 Å². The zero-order valence-corrected chi connectivity index (χ0v) is 16.0. The van der Waals surface area contributed by atoms with Crippen molar-refractivity contribution in [2.45, 2.75) is 37.2 Å². The molecule has 0 heterocycles. The van der Waals surface area contributed by atoms with Crippen molar-refractivity contribution in [3.63, 3.8) is 0 Å². The van der Waals surface area contributed by atoms with E-state index < -0.39 is 63.5 Å². The van der Waals surface area contributed by atoms with Crippen LogP contribution in [0.15, 0.2) is 12.7 Å². The van der Waals surface area contributed by atoms with Crippen LogP contribution in [-0.2, 0) is 29.2 Å². The van der Waals surface area contributed by atoms with Crippen molar-refractivity contribution >= 4 is 22.1 Å². The molecular formula is C16H18F6O7S. The van der Waals surface area contributed by atoms with Gasteiger partial charge in [0.1, 0.15) is 5.75 Å². The van der Waals surface area contributed by atoms with E-state index in [0.29, 0.717) is 12.8 Å². The molecule has 2 aliphatic carbocycles. The largest absolute Gasteiger partial charge is 0.462 e. The normalized spacial score (nSPS) is 27.0. The molecule has 2 rings (SSSR count). The van der Waals surface area contributed by atoms with E-state index in [0.717, 1.165) is 6.08 Å². The first-order valence-electron chi connectivity index (χ1n) is 8.61. The second-order valence-corrected chi connectivity index (χ2v) is 8.86. The van der Waals surface area contributed by atoms with E-state index in [2.05, 4.69) is 11.3 Å². The number of hydrogen-bond donors (Lipinski definition) is 1. The fourth-order valence-corrected chi connectivity index (χ4v) is 5.08. The highest BCUT2D eigenvalue weighted by Gasteiger charge is 2.76. The lowest BCUT2D eigenvalue weighted by Crippen LogP contribution is -2.64. The van der Waals surface area contributed by atoms with Gasteiger partial charge in [0, 0.05) is 6.08 Å². The van der Waals surface area contributed by atoms with Crippen LogP contribution in [0.1, 0.15) is 19.3 Å². The van der Waals surface area contributed by atoms with E-state index in [1.54, 1.807) is 0 Å². The number of fused-ring (bicyclic) bond motifs is 2. The summed E-state index contributed by atoms with van der Waals surface area (Å²) in [5.41, 5.74) is -5.42. The predicted octanol–water partition coefficient (Wildman–Crippen LogP) is 2.67. The third kappa shape index (κ3) is 4.90. The van der Waals surface area contributed by atoms with Crippen LogP contribution in [0.5, 0.6) is 0 Å². The molecule has 0 aromatic carbocycles. The second-order valence-electron chi connectivity index (χ2n) is 7.41. The minimum Gasteiger partial charge on any atom is -0.462 e. The minimum atomic E-state index is -6.37. The van der Waals surface area contributed by atoms with Gasteiger partial charge in [-0.3, -0.25) is 9.35 Å². The van der Waals surface area contributed by atoms with Crippen molar-refractivity contribution in [1.82, 2.24) is 0 Å². The van der Waals surface area contributed by atoms with Crippen molar-refractivity contribution in [3.05, 3.63) is 12.7 Å². The molecule has 30 heavy (non-hydrogen) atoms. The van der Waals surface area contributed by atoms with Crippen LogP contribution in [0.3, 0.4) is 0 Å². The van der Waals surface area contributed by atoms with Gasteiger partial charge in [0.05, 0.1) is 12.5 Å². The third-order valence-electron chi connectivity index (χ3n) is 5.44. The number of alkyl halides is 6. The Morgan fingerprint density at radius 3 is 2.07 bits per heavy atom. The number of halogens is 6. The summed E-state index contributed by atoms with van der Waals surface area (Å²) in [5.74, 6) is -8.34. The Bertz CT molecular complexity index is 790. The van der Waals surface area contributed by atoms with Gasteiger partial charge >= 0.3 is 29.9 Å². The lowest BCUT2D eigenvalue weighted by Gasteiger charge is -2.37.